The van der Waals surface area contributed by atoms with E-state index < -0.39 is 17.9 Å². The highest BCUT2D eigenvalue weighted by atomic mass is 19.1. The van der Waals surface area contributed by atoms with Crippen LogP contribution in [0, 0.1) is 5.82 Å². The number of hydrogen-bond acceptors (Lipinski definition) is 3. The Hall–Kier alpha value is -2.60. The van der Waals surface area contributed by atoms with Gasteiger partial charge in [0.25, 0.3) is 0 Å². The molecule has 25 heavy (non-hydrogen) atoms. The summed E-state index contributed by atoms with van der Waals surface area (Å²) in [6.07, 6.45) is 3.10. The number of aliphatic hydroxyl groups is 1. The first-order valence-corrected chi connectivity index (χ1v) is 8.35. The second-order valence-corrected chi connectivity index (χ2v) is 6.06. The fourth-order valence-corrected chi connectivity index (χ4v) is 2.59. The van der Waals surface area contributed by atoms with E-state index in [1.165, 1.54) is 12.1 Å². The number of carbonyl (C=O) groups excluding carboxylic acids is 1. The van der Waals surface area contributed by atoms with Crippen LogP contribution in [0.3, 0.4) is 0 Å². The summed E-state index contributed by atoms with van der Waals surface area (Å²) in [7, 11) is 0. The lowest BCUT2D eigenvalue weighted by Crippen LogP contribution is -2.34. The summed E-state index contributed by atoms with van der Waals surface area (Å²) >= 11 is 0. The van der Waals surface area contributed by atoms with E-state index >= 15 is 0 Å². The van der Waals surface area contributed by atoms with Crippen LogP contribution in [-0.4, -0.2) is 23.8 Å². The van der Waals surface area contributed by atoms with Gasteiger partial charge in [-0.15, -0.1) is 0 Å². The summed E-state index contributed by atoms with van der Waals surface area (Å²) in [6, 6.07) is 12.4. The molecule has 3 rings (SSSR count). The molecule has 5 nitrogen and oxygen atoms in total. The van der Waals surface area contributed by atoms with Gasteiger partial charge in [-0.1, -0.05) is 30.3 Å². The number of halogens is 1. The maximum absolute atomic E-state index is 14.1. The predicted octanol–water partition coefficient (Wildman–Crippen LogP) is 3.61. The molecule has 2 aromatic rings. The van der Waals surface area contributed by atoms with Crippen molar-refractivity contribution in [2.45, 2.75) is 31.4 Å². The normalized spacial score (nSPS) is 15.1. The number of aliphatic hydroxyl groups excluding tert-OH is 1. The third-order valence-electron chi connectivity index (χ3n) is 4.23. The number of ether oxygens (including phenoxy) is 1. The van der Waals surface area contributed by atoms with Crippen molar-refractivity contribution < 1.29 is 19.0 Å². The van der Waals surface area contributed by atoms with Crippen molar-refractivity contribution in [1.29, 1.82) is 0 Å². The third kappa shape index (κ3) is 4.48. The Bertz CT molecular complexity index is 720. The summed E-state index contributed by atoms with van der Waals surface area (Å²) in [6.45, 7) is -0.236. The molecule has 0 bridgehead atoms. The molecule has 1 fully saturated rings. The fourth-order valence-electron chi connectivity index (χ4n) is 2.59. The minimum atomic E-state index is -0.535. The number of benzene rings is 2. The van der Waals surface area contributed by atoms with Crippen molar-refractivity contribution in [3.63, 3.8) is 0 Å². The highest BCUT2D eigenvalue weighted by molar-refractivity contribution is 5.89. The molecule has 1 saturated carbocycles. The summed E-state index contributed by atoms with van der Waals surface area (Å²) < 4.78 is 19.6. The van der Waals surface area contributed by atoms with Crippen LogP contribution in [0.4, 0.5) is 14.9 Å². The second-order valence-electron chi connectivity index (χ2n) is 6.06. The molecule has 0 aliphatic heterocycles. The zero-order valence-corrected chi connectivity index (χ0v) is 13.7. The Balaban J connectivity index is 1.59. The molecular formula is C19H21FN2O3. The van der Waals surface area contributed by atoms with Gasteiger partial charge >= 0.3 is 6.03 Å². The standard InChI is InChI=1S/C19H21FN2O3/c20-16-11-14(9-10-18(16)25-15-7-4-8-15)21-19(24)22-17(12-23)13-5-2-1-3-6-13/h1-3,5-6,9-11,15,17,23H,4,7-8,12H2,(H2,21,22,24). The van der Waals surface area contributed by atoms with E-state index in [2.05, 4.69) is 10.6 Å². The van der Waals surface area contributed by atoms with E-state index in [-0.39, 0.29) is 18.5 Å². The van der Waals surface area contributed by atoms with E-state index in [0.717, 1.165) is 24.8 Å². The molecule has 1 aliphatic rings. The summed E-state index contributed by atoms with van der Waals surface area (Å²) in [5.41, 5.74) is 1.11. The van der Waals surface area contributed by atoms with Crippen LogP contribution in [-0.2, 0) is 0 Å². The summed E-state index contributed by atoms with van der Waals surface area (Å²) in [4.78, 5) is 12.1. The quantitative estimate of drug-likeness (QED) is 0.750. The molecule has 1 unspecified atom stereocenters. The Morgan fingerprint density at radius 3 is 2.60 bits per heavy atom. The summed E-state index contributed by atoms with van der Waals surface area (Å²) in [5, 5.41) is 14.7. The smallest absolute Gasteiger partial charge is 0.319 e. The lowest BCUT2D eigenvalue weighted by Gasteiger charge is -2.26. The van der Waals surface area contributed by atoms with Gasteiger partial charge in [-0.25, -0.2) is 9.18 Å². The van der Waals surface area contributed by atoms with Crippen LogP contribution in [0.1, 0.15) is 30.9 Å². The minimum Gasteiger partial charge on any atom is -0.487 e. The monoisotopic (exact) mass is 344 g/mol. The van der Waals surface area contributed by atoms with Gasteiger partial charge in [0.2, 0.25) is 0 Å². The maximum Gasteiger partial charge on any atom is 0.319 e. The molecular weight excluding hydrogens is 323 g/mol. The van der Waals surface area contributed by atoms with Crippen LogP contribution in [0.2, 0.25) is 0 Å². The molecule has 132 valence electrons. The number of urea groups is 1. The lowest BCUT2D eigenvalue weighted by molar-refractivity contribution is 0.115. The number of nitrogens with one attached hydrogen (secondary N) is 2. The second kappa shape index (κ2) is 7.98. The lowest BCUT2D eigenvalue weighted by atomic mass is 9.96. The predicted molar refractivity (Wildman–Crippen MR) is 93.1 cm³/mol. The molecule has 3 N–H and O–H groups in total. The topological polar surface area (TPSA) is 70.6 Å². The molecule has 2 amide bonds. The van der Waals surface area contributed by atoms with E-state index in [0.29, 0.717) is 5.69 Å². The average Bonchev–Trinajstić information content (AvgIpc) is 2.58. The van der Waals surface area contributed by atoms with Crippen molar-refractivity contribution >= 4 is 11.7 Å². The van der Waals surface area contributed by atoms with Gasteiger partial charge in [0.15, 0.2) is 11.6 Å². The fraction of sp³-hybridized carbons (Fsp3) is 0.316. The largest absolute Gasteiger partial charge is 0.487 e. The molecule has 1 atom stereocenters. The van der Waals surface area contributed by atoms with E-state index in [1.807, 2.05) is 30.3 Å². The van der Waals surface area contributed by atoms with Crippen LogP contribution >= 0.6 is 0 Å². The zero-order chi connectivity index (χ0) is 17.6. The van der Waals surface area contributed by atoms with E-state index in [9.17, 15) is 14.3 Å². The number of anilines is 1. The molecule has 6 heteroatoms. The van der Waals surface area contributed by atoms with Crippen LogP contribution in [0.15, 0.2) is 48.5 Å². The van der Waals surface area contributed by atoms with Gasteiger partial charge in [0, 0.05) is 11.8 Å². The molecule has 0 radical (unpaired) electrons. The number of rotatable bonds is 6. The highest BCUT2D eigenvalue weighted by Gasteiger charge is 2.21. The molecule has 0 spiro atoms. The first kappa shape index (κ1) is 17.2. The Labute approximate surface area is 145 Å². The average molecular weight is 344 g/mol. The van der Waals surface area contributed by atoms with Crippen molar-refractivity contribution in [2.75, 3.05) is 11.9 Å². The molecule has 1 aliphatic carbocycles. The summed E-state index contributed by atoms with van der Waals surface area (Å²) in [5.74, 6) is -0.306. The van der Waals surface area contributed by atoms with E-state index in [1.54, 1.807) is 6.07 Å². The van der Waals surface area contributed by atoms with E-state index in [4.69, 9.17) is 4.74 Å². The SMILES string of the molecule is O=C(Nc1ccc(OC2CCC2)c(F)c1)NC(CO)c1ccccc1. The third-order valence-corrected chi connectivity index (χ3v) is 4.23. The van der Waals surface area contributed by atoms with Crippen LogP contribution in [0.5, 0.6) is 5.75 Å². The zero-order valence-electron chi connectivity index (χ0n) is 13.7. The number of amides is 2. The van der Waals surface area contributed by atoms with Gasteiger partial charge < -0.3 is 20.5 Å². The first-order valence-electron chi connectivity index (χ1n) is 8.35. The van der Waals surface area contributed by atoms with Gasteiger partial charge in [0.05, 0.1) is 18.8 Å². The number of hydrogen-bond donors (Lipinski definition) is 3. The van der Waals surface area contributed by atoms with Gasteiger partial charge in [0.1, 0.15) is 0 Å². The van der Waals surface area contributed by atoms with Crippen molar-refractivity contribution in [2.24, 2.45) is 0 Å². The van der Waals surface area contributed by atoms with Gasteiger partial charge in [-0.05, 0) is 37.0 Å². The highest BCUT2D eigenvalue weighted by Crippen LogP contribution is 2.28. The molecule has 2 aromatic carbocycles. The minimum absolute atomic E-state index is 0.0905. The Morgan fingerprint density at radius 2 is 2.00 bits per heavy atom. The molecule has 0 heterocycles. The maximum atomic E-state index is 14.1. The van der Waals surface area contributed by atoms with Gasteiger partial charge in [-0.3, -0.25) is 0 Å². The van der Waals surface area contributed by atoms with Crippen molar-refractivity contribution in [1.82, 2.24) is 5.32 Å². The molecule has 0 aromatic heterocycles. The first-order chi connectivity index (χ1) is 12.2. The Kier molecular flexibility index (Phi) is 5.50. The van der Waals surface area contributed by atoms with Crippen LogP contribution < -0.4 is 15.4 Å². The Morgan fingerprint density at radius 1 is 1.24 bits per heavy atom. The number of carbonyl (C=O) groups is 1. The molecule has 0 saturated heterocycles. The van der Waals surface area contributed by atoms with Crippen molar-refractivity contribution in [3.8, 4) is 5.75 Å². The van der Waals surface area contributed by atoms with Crippen LogP contribution in [0.25, 0.3) is 0 Å². The van der Waals surface area contributed by atoms with Gasteiger partial charge in [-0.2, -0.15) is 0 Å². The van der Waals surface area contributed by atoms with Crippen molar-refractivity contribution in [3.05, 3.63) is 59.9 Å².